The monoisotopic (exact) mass is 458 g/mol. The van der Waals surface area contributed by atoms with E-state index in [0.29, 0.717) is 6.42 Å². The van der Waals surface area contributed by atoms with Crippen LogP contribution in [0.15, 0.2) is 0 Å². The van der Waals surface area contributed by atoms with Crippen molar-refractivity contribution >= 4 is 22.1 Å². The van der Waals surface area contributed by atoms with Crippen LogP contribution in [0.25, 0.3) is 0 Å². The van der Waals surface area contributed by atoms with Crippen molar-refractivity contribution in [3.8, 4) is 0 Å². The van der Waals surface area contributed by atoms with Crippen molar-refractivity contribution in [3.05, 3.63) is 0 Å². The summed E-state index contributed by atoms with van der Waals surface area (Å²) in [5, 5.41) is -5.09. The standard InChI is InChI=1S/C18H28F2O9S/c1-4-17(7-5-6-8-17)29-14(21)10-12-9-13(28-16(2,3)27-12)11-26-15(22)18(19,20)30(23,24)25/h12-13H,4-11H2,1-3H3,(H,23,24,25). The second kappa shape index (κ2) is 9.01. The molecule has 12 heteroatoms. The molecule has 1 aliphatic heterocycles. The van der Waals surface area contributed by atoms with E-state index in [1.165, 1.54) is 13.8 Å². The zero-order valence-electron chi connectivity index (χ0n) is 17.2. The fourth-order valence-corrected chi connectivity index (χ4v) is 4.09. The van der Waals surface area contributed by atoms with Crippen LogP contribution in [-0.2, 0) is 38.7 Å². The van der Waals surface area contributed by atoms with E-state index in [9.17, 15) is 26.8 Å². The molecule has 1 saturated carbocycles. The van der Waals surface area contributed by atoms with E-state index in [1.54, 1.807) is 0 Å². The largest absolute Gasteiger partial charge is 0.465 e. The molecule has 30 heavy (non-hydrogen) atoms. The summed E-state index contributed by atoms with van der Waals surface area (Å²) in [6, 6.07) is 0. The van der Waals surface area contributed by atoms with Crippen LogP contribution < -0.4 is 0 Å². The number of hydrogen-bond donors (Lipinski definition) is 1. The molecule has 174 valence electrons. The van der Waals surface area contributed by atoms with Crippen molar-refractivity contribution in [2.24, 2.45) is 0 Å². The number of carbonyl (C=O) groups is 2. The number of ether oxygens (including phenoxy) is 4. The summed E-state index contributed by atoms with van der Waals surface area (Å²) < 4.78 is 77.5. The first-order valence-electron chi connectivity index (χ1n) is 9.79. The maximum absolute atomic E-state index is 13.3. The predicted octanol–water partition coefficient (Wildman–Crippen LogP) is 2.58. The Bertz CT molecular complexity index is 745. The average molecular weight is 458 g/mol. The van der Waals surface area contributed by atoms with Crippen molar-refractivity contribution in [1.82, 2.24) is 0 Å². The molecule has 0 radical (unpaired) electrons. The highest BCUT2D eigenvalue weighted by atomic mass is 32.2. The summed E-state index contributed by atoms with van der Waals surface area (Å²) in [6.07, 6.45) is 2.61. The van der Waals surface area contributed by atoms with Gasteiger partial charge in [0.15, 0.2) is 5.79 Å². The van der Waals surface area contributed by atoms with Crippen molar-refractivity contribution < 1.29 is 50.3 Å². The van der Waals surface area contributed by atoms with Gasteiger partial charge in [-0.25, -0.2) is 4.79 Å². The molecule has 0 aromatic rings. The van der Waals surface area contributed by atoms with E-state index in [-0.39, 0.29) is 12.8 Å². The Morgan fingerprint density at radius 2 is 1.73 bits per heavy atom. The summed E-state index contributed by atoms with van der Waals surface area (Å²) in [4.78, 5) is 23.8. The van der Waals surface area contributed by atoms with Crippen LogP contribution in [0.3, 0.4) is 0 Å². The maximum atomic E-state index is 13.3. The summed E-state index contributed by atoms with van der Waals surface area (Å²) in [5.74, 6) is -4.07. The normalized spacial score (nSPS) is 26.2. The molecule has 2 aliphatic rings. The van der Waals surface area contributed by atoms with Gasteiger partial charge in [-0.05, 0) is 46.0 Å². The molecule has 1 heterocycles. The zero-order valence-corrected chi connectivity index (χ0v) is 18.0. The van der Waals surface area contributed by atoms with Gasteiger partial charge in [0.2, 0.25) is 0 Å². The molecule has 2 rings (SSSR count). The third kappa shape index (κ3) is 6.08. The fourth-order valence-electron chi connectivity index (χ4n) is 3.82. The van der Waals surface area contributed by atoms with Crippen LogP contribution in [0.5, 0.6) is 0 Å². The molecule has 1 N–H and O–H groups in total. The molecule has 9 nitrogen and oxygen atoms in total. The minimum absolute atomic E-state index is 0.0301. The van der Waals surface area contributed by atoms with Crippen LogP contribution in [-0.4, -0.2) is 60.4 Å². The van der Waals surface area contributed by atoms with E-state index in [2.05, 4.69) is 4.74 Å². The van der Waals surface area contributed by atoms with Gasteiger partial charge in [-0.3, -0.25) is 9.35 Å². The molecular weight excluding hydrogens is 430 g/mol. The van der Waals surface area contributed by atoms with Crippen molar-refractivity contribution in [2.75, 3.05) is 6.61 Å². The lowest BCUT2D eigenvalue weighted by molar-refractivity contribution is -0.305. The van der Waals surface area contributed by atoms with Crippen LogP contribution in [0.2, 0.25) is 0 Å². The first-order valence-corrected chi connectivity index (χ1v) is 11.2. The van der Waals surface area contributed by atoms with Gasteiger partial charge in [0.25, 0.3) is 0 Å². The third-order valence-electron chi connectivity index (χ3n) is 5.27. The van der Waals surface area contributed by atoms with Gasteiger partial charge in [0.1, 0.15) is 12.2 Å². The van der Waals surface area contributed by atoms with Gasteiger partial charge in [0, 0.05) is 6.42 Å². The second-order valence-electron chi connectivity index (χ2n) is 8.13. The summed E-state index contributed by atoms with van der Waals surface area (Å²) in [5.41, 5.74) is -0.464. The Kier molecular flexibility index (Phi) is 7.48. The SMILES string of the molecule is CCC1(OC(=O)CC2CC(COC(=O)C(F)(F)S(=O)(=O)O)OC(C)(C)O2)CCCC1. The smallest absolute Gasteiger partial charge is 0.459 e. The molecule has 2 unspecified atom stereocenters. The summed E-state index contributed by atoms with van der Waals surface area (Å²) in [7, 11) is -5.96. The summed E-state index contributed by atoms with van der Waals surface area (Å²) in [6.45, 7) is 4.33. The first kappa shape index (κ1) is 24.9. The lowest BCUT2D eigenvalue weighted by Crippen LogP contribution is -2.48. The minimum atomic E-state index is -5.96. The molecule has 1 aliphatic carbocycles. The predicted molar refractivity (Wildman–Crippen MR) is 98.1 cm³/mol. The highest BCUT2D eigenvalue weighted by Crippen LogP contribution is 2.37. The highest BCUT2D eigenvalue weighted by Gasteiger charge is 2.54. The Morgan fingerprint density at radius 3 is 2.27 bits per heavy atom. The van der Waals surface area contributed by atoms with Gasteiger partial charge in [-0.15, -0.1) is 0 Å². The zero-order chi connectivity index (χ0) is 22.8. The van der Waals surface area contributed by atoms with Gasteiger partial charge in [0.05, 0.1) is 18.6 Å². The number of esters is 2. The lowest BCUT2D eigenvalue weighted by atomic mass is 9.98. The van der Waals surface area contributed by atoms with Gasteiger partial charge < -0.3 is 18.9 Å². The topological polar surface area (TPSA) is 125 Å². The van der Waals surface area contributed by atoms with Crippen LogP contribution in [0.1, 0.15) is 65.7 Å². The Morgan fingerprint density at radius 1 is 1.17 bits per heavy atom. The number of halogens is 2. The number of hydrogen-bond acceptors (Lipinski definition) is 8. The van der Waals surface area contributed by atoms with E-state index in [0.717, 1.165) is 25.7 Å². The lowest BCUT2D eigenvalue weighted by Gasteiger charge is -2.40. The van der Waals surface area contributed by atoms with Crippen LogP contribution >= 0.6 is 0 Å². The molecule has 1 saturated heterocycles. The summed E-state index contributed by atoms with van der Waals surface area (Å²) >= 11 is 0. The van der Waals surface area contributed by atoms with Crippen molar-refractivity contribution in [3.63, 3.8) is 0 Å². The molecule has 0 spiro atoms. The Balaban J connectivity index is 1.95. The fraction of sp³-hybridized carbons (Fsp3) is 0.889. The molecule has 0 aromatic carbocycles. The number of carbonyl (C=O) groups excluding carboxylic acids is 2. The third-order valence-corrected chi connectivity index (χ3v) is 6.09. The van der Waals surface area contributed by atoms with E-state index < -0.39 is 57.5 Å². The highest BCUT2D eigenvalue weighted by molar-refractivity contribution is 7.87. The molecule has 2 fully saturated rings. The van der Waals surface area contributed by atoms with E-state index >= 15 is 0 Å². The number of rotatable bonds is 8. The van der Waals surface area contributed by atoms with Crippen molar-refractivity contribution in [1.29, 1.82) is 0 Å². The van der Waals surface area contributed by atoms with E-state index in [1.807, 2.05) is 6.92 Å². The van der Waals surface area contributed by atoms with E-state index in [4.69, 9.17) is 18.8 Å². The molecule has 0 aromatic heterocycles. The molecule has 0 amide bonds. The minimum Gasteiger partial charge on any atom is -0.459 e. The average Bonchev–Trinajstić information content (AvgIpc) is 3.06. The van der Waals surface area contributed by atoms with Gasteiger partial charge in [-0.1, -0.05) is 6.92 Å². The van der Waals surface area contributed by atoms with Crippen LogP contribution in [0, 0.1) is 0 Å². The van der Waals surface area contributed by atoms with Gasteiger partial charge in [-0.2, -0.15) is 17.2 Å². The van der Waals surface area contributed by atoms with Gasteiger partial charge >= 0.3 is 27.3 Å². The maximum Gasteiger partial charge on any atom is 0.465 e. The van der Waals surface area contributed by atoms with Crippen LogP contribution in [0.4, 0.5) is 8.78 Å². The Hall–Kier alpha value is -1.37. The molecular formula is C18H28F2O9S. The first-order chi connectivity index (χ1) is 13.7. The quantitative estimate of drug-likeness (QED) is 0.431. The van der Waals surface area contributed by atoms with Crippen molar-refractivity contribution in [2.45, 2.75) is 94.6 Å². The second-order valence-corrected chi connectivity index (χ2v) is 9.59. The molecule has 0 bridgehead atoms. The molecule has 2 atom stereocenters. The Labute approximate surface area is 174 Å². The number of alkyl halides is 2.